The van der Waals surface area contributed by atoms with Crippen molar-refractivity contribution in [2.45, 2.75) is 13.2 Å². The molecule has 4 rings (SSSR count). The molecule has 7 heteroatoms. The Bertz CT molecular complexity index is 1120. The number of benzene rings is 2. The van der Waals surface area contributed by atoms with Crippen LogP contribution in [-0.2, 0) is 13.2 Å². The fraction of sp³-hybridized carbons (Fsp3) is 0.0833. The number of amides is 2. The smallest absolute Gasteiger partial charge is 0.319 e. The van der Waals surface area contributed by atoms with Gasteiger partial charge in [0.25, 0.3) is 0 Å². The monoisotopic (exact) mass is 411 g/mol. The largest absolute Gasteiger partial charge is 0.489 e. The number of urea groups is 1. The number of hydrogen-bond donors (Lipinski definition) is 2. The van der Waals surface area contributed by atoms with Crippen molar-refractivity contribution in [2.75, 3.05) is 5.32 Å². The van der Waals surface area contributed by atoms with Gasteiger partial charge in [-0.25, -0.2) is 14.8 Å². The first-order valence-corrected chi connectivity index (χ1v) is 9.78. The maximum Gasteiger partial charge on any atom is 0.319 e. The molecular formula is C24H21N5O2. The van der Waals surface area contributed by atoms with Crippen molar-refractivity contribution >= 4 is 11.7 Å². The molecule has 154 valence electrons. The van der Waals surface area contributed by atoms with E-state index in [-0.39, 0.29) is 6.03 Å². The Morgan fingerprint density at radius 1 is 0.871 bits per heavy atom. The Balaban J connectivity index is 1.32. The molecule has 0 aliphatic heterocycles. The molecule has 0 atom stereocenters. The van der Waals surface area contributed by atoms with E-state index in [2.05, 4.69) is 25.6 Å². The van der Waals surface area contributed by atoms with Gasteiger partial charge in [0, 0.05) is 42.6 Å². The summed E-state index contributed by atoms with van der Waals surface area (Å²) in [4.78, 5) is 24.3. The van der Waals surface area contributed by atoms with E-state index in [1.165, 1.54) is 6.33 Å². The van der Waals surface area contributed by atoms with Crippen LogP contribution >= 0.6 is 0 Å². The highest BCUT2D eigenvalue weighted by Gasteiger charge is 2.07. The van der Waals surface area contributed by atoms with Crippen molar-refractivity contribution in [3.63, 3.8) is 0 Å². The Hall–Kier alpha value is -4.26. The molecule has 0 saturated heterocycles. The topological polar surface area (TPSA) is 89.0 Å². The van der Waals surface area contributed by atoms with Crippen LogP contribution in [0.1, 0.15) is 11.1 Å². The molecule has 7 nitrogen and oxygen atoms in total. The standard InChI is InChI=1S/C24H21N5O2/c30-24(28-13-18-4-3-11-25-12-18)29-21-7-9-22(10-8-21)31-16-19-5-1-2-6-23(19)20-14-26-17-27-15-20/h1-12,14-15,17H,13,16H2,(H2,28,29,30). The molecule has 0 unspecified atom stereocenters. The van der Waals surface area contributed by atoms with Gasteiger partial charge in [-0.05, 0) is 47.0 Å². The molecule has 0 aliphatic carbocycles. The molecule has 0 aliphatic rings. The van der Waals surface area contributed by atoms with Crippen molar-refractivity contribution in [2.24, 2.45) is 0 Å². The lowest BCUT2D eigenvalue weighted by Gasteiger charge is -2.12. The van der Waals surface area contributed by atoms with Crippen LogP contribution in [-0.4, -0.2) is 21.0 Å². The molecule has 2 heterocycles. The number of aromatic nitrogens is 3. The van der Waals surface area contributed by atoms with Crippen molar-refractivity contribution in [1.82, 2.24) is 20.3 Å². The number of rotatable bonds is 7. The molecule has 2 aromatic carbocycles. The van der Waals surface area contributed by atoms with Gasteiger partial charge in [0.15, 0.2) is 0 Å². The summed E-state index contributed by atoms with van der Waals surface area (Å²) in [5, 5.41) is 5.60. The van der Waals surface area contributed by atoms with Crippen LogP contribution in [0.4, 0.5) is 10.5 Å². The summed E-state index contributed by atoms with van der Waals surface area (Å²) < 4.78 is 5.94. The van der Waals surface area contributed by atoms with Gasteiger partial charge >= 0.3 is 6.03 Å². The van der Waals surface area contributed by atoms with Gasteiger partial charge in [-0.15, -0.1) is 0 Å². The van der Waals surface area contributed by atoms with Gasteiger partial charge in [-0.2, -0.15) is 0 Å². The minimum atomic E-state index is -0.281. The van der Waals surface area contributed by atoms with Crippen LogP contribution in [0.15, 0.2) is 91.8 Å². The lowest BCUT2D eigenvalue weighted by Crippen LogP contribution is -2.28. The maximum absolute atomic E-state index is 12.1. The first kappa shape index (κ1) is 20.0. The minimum absolute atomic E-state index is 0.281. The van der Waals surface area contributed by atoms with E-state index in [9.17, 15) is 4.79 Å². The Kier molecular flexibility index (Phi) is 6.45. The van der Waals surface area contributed by atoms with E-state index in [4.69, 9.17) is 4.74 Å². The van der Waals surface area contributed by atoms with Gasteiger partial charge in [-0.1, -0.05) is 30.3 Å². The predicted molar refractivity (Wildman–Crippen MR) is 118 cm³/mol. The summed E-state index contributed by atoms with van der Waals surface area (Å²) in [5.74, 6) is 0.709. The lowest BCUT2D eigenvalue weighted by molar-refractivity contribution is 0.251. The van der Waals surface area contributed by atoms with E-state index in [1.54, 1.807) is 36.9 Å². The number of nitrogens with zero attached hydrogens (tertiary/aromatic N) is 3. The molecule has 0 bridgehead atoms. The second-order valence-corrected chi connectivity index (χ2v) is 6.77. The van der Waals surface area contributed by atoms with E-state index >= 15 is 0 Å². The first-order chi connectivity index (χ1) is 15.3. The number of ether oxygens (including phenoxy) is 1. The highest BCUT2D eigenvalue weighted by atomic mass is 16.5. The normalized spacial score (nSPS) is 10.3. The molecule has 0 spiro atoms. The van der Waals surface area contributed by atoms with Crippen LogP contribution in [0, 0.1) is 0 Å². The molecular weight excluding hydrogens is 390 g/mol. The predicted octanol–water partition coefficient (Wildman–Crippen LogP) is 4.44. The second kappa shape index (κ2) is 9.98. The summed E-state index contributed by atoms with van der Waals surface area (Å²) in [5.41, 5.74) is 4.63. The van der Waals surface area contributed by atoms with Crippen LogP contribution < -0.4 is 15.4 Å². The number of anilines is 1. The summed E-state index contributed by atoms with van der Waals surface area (Å²) in [6, 6.07) is 18.7. The van der Waals surface area contributed by atoms with Gasteiger partial charge in [-0.3, -0.25) is 4.98 Å². The summed E-state index contributed by atoms with van der Waals surface area (Å²) >= 11 is 0. The summed E-state index contributed by atoms with van der Waals surface area (Å²) in [6.07, 6.45) is 8.49. The maximum atomic E-state index is 12.1. The summed E-state index contributed by atoms with van der Waals surface area (Å²) in [7, 11) is 0. The second-order valence-electron chi connectivity index (χ2n) is 6.77. The quantitative estimate of drug-likeness (QED) is 0.469. The van der Waals surface area contributed by atoms with Crippen molar-refractivity contribution in [3.8, 4) is 16.9 Å². The Morgan fingerprint density at radius 2 is 1.68 bits per heavy atom. The van der Waals surface area contributed by atoms with Crippen LogP contribution in [0.5, 0.6) is 5.75 Å². The van der Waals surface area contributed by atoms with Crippen LogP contribution in [0.25, 0.3) is 11.1 Å². The fourth-order valence-corrected chi connectivity index (χ4v) is 3.02. The Morgan fingerprint density at radius 3 is 2.45 bits per heavy atom. The van der Waals surface area contributed by atoms with E-state index in [0.29, 0.717) is 24.6 Å². The zero-order valence-electron chi connectivity index (χ0n) is 16.7. The number of hydrogen-bond acceptors (Lipinski definition) is 5. The minimum Gasteiger partial charge on any atom is -0.489 e. The fourth-order valence-electron chi connectivity index (χ4n) is 3.02. The molecule has 31 heavy (non-hydrogen) atoms. The number of nitrogens with one attached hydrogen (secondary N) is 2. The third-order valence-corrected chi connectivity index (χ3v) is 4.57. The van der Waals surface area contributed by atoms with E-state index in [1.807, 2.05) is 48.5 Å². The number of pyridine rings is 1. The molecule has 2 N–H and O–H groups in total. The summed E-state index contributed by atoms with van der Waals surface area (Å²) in [6.45, 7) is 0.816. The first-order valence-electron chi connectivity index (χ1n) is 9.78. The molecule has 2 aromatic heterocycles. The third-order valence-electron chi connectivity index (χ3n) is 4.57. The number of carbonyl (C=O) groups is 1. The lowest BCUT2D eigenvalue weighted by atomic mass is 10.0. The number of carbonyl (C=O) groups excluding carboxylic acids is 1. The molecule has 0 radical (unpaired) electrons. The van der Waals surface area contributed by atoms with E-state index in [0.717, 1.165) is 22.3 Å². The van der Waals surface area contributed by atoms with Crippen molar-refractivity contribution in [3.05, 3.63) is 103 Å². The SMILES string of the molecule is O=C(NCc1cccnc1)Nc1ccc(OCc2ccccc2-c2cncnc2)cc1. The average molecular weight is 411 g/mol. The van der Waals surface area contributed by atoms with Gasteiger partial charge in [0.2, 0.25) is 0 Å². The van der Waals surface area contributed by atoms with Crippen molar-refractivity contribution in [1.29, 1.82) is 0 Å². The molecule has 0 saturated carbocycles. The molecule has 0 fully saturated rings. The van der Waals surface area contributed by atoms with Crippen LogP contribution in [0.3, 0.4) is 0 Å². The zero-order chi connectivity index (χ0) is 21.3. The Labute approximate surface area is 180 Å². The molecule has 4 aromatic rings. The third kappa shape index (κ3) is 5.63. The van der Waals surface area contributed by atoms with Crippen LogP contribution in [0.2, 0.25) is 0 Å². The highest BCUT2D eigenvalue weighted by molar-refractivity contribution is 5.89. The molecule has 2 amide bonds. The highest BCUT2D eigenvalue weighted by Crippen LogP contribution is 2.24. The zero-order valence-corrected chi connectivity index (χ0v) is 16.7. The van der Waals surface area contributed by atoms with Gasteiger partial charge in [0.1, 0.15) is 18.7 Å². The van der Waals surface area contributed by atoms with E-state index < -0.39 is 0 Å². The van der Waals surface area contributed by atoms with Gasteiger partial charge in [0.05, 0.1) is 0 Å². The van der Waals surface area contributed by atoms with Gasteiger partial charge < -0.3 is 15.4 Å². The van der Waals surface area contributed by atoms with Crippen molar-refractivity contribution < 1.29 is 9.53 Å². The average Bonchev–Trinajstić information content (AvgIpc) is 2.84.